The number of halogens is 3. The van der Waals surface area contributed by atoms with Crippen LogP contribution < -0.4 is 5.32 Å². The van der Waals surface area contributed by atoms with Crippen molar-refractivity contribution in [2.24, 2.45) is 0 Å². The number of aromatic nitrogens is 1. The number of nitrogens with one attached hydrogen (secondary N) is 1. The van der Waals surface area contributed by atoms with E-state index < -0.39 is 17.5 Å². The predicted molar refractivity (Wildman–Crippen MR) is 67.5 cm³/mol. The average molecular weight is 284 g/mol. The van der Waals surface area contributed by atoms with E-state index in [0.29, 0.717) is 11.3 Å². The normalized spacial score (nSPS) is 12.7. The van der Waals surface area contributed by atoms with Crippen LogP contribution in [-0.4, -0.2) is 5.16 Å². The zero-order chi connectivity index (χ0) is 14.9. The van der Waals surface area contributed by atoms with E-state index in [1.54, 1.807) is 6.92 Å². The van der Waals surface area contributed by atoms with Gasteiger partial charge in [-0.3, -0.25) is 0 Å². The summed E-state index contributed by atoms with van der Waals surface area (Å²) in [5.41, 5.74) is 2.01. The molecule has 0 spiro atoms. The SMILES string of the molecule is Cc1noc(C)c1C(C)NCc1cc(F)c(F)c(F)c1. The molecule has 3 nitrogen and oxygen atoms in total. The number of hydrogen-bond donors (Lipinski definition) is 1. The molecule has 108 valence electrons. The minimum atomic E-state index is -1.45. The van der Waals surface area contributed by atoms with Crippen LogP contribution in [-0.2, 0) is 6.54 Å². The molecule has 0 amide bonds. The van der Waals surface area contributed by atoms with Crippen LogP contribution in [0.5, 0.6) is 0 Å². The maximum absolute atomic E-state index is 13.1. The Bertz CT molecular complexity index is 582. The summed E-state index contributed by atoms with van der Waals surface area (Å²) >= 11 is 0. The van der Waals surface area contributed by atoms with Crippen molar-refractivity contribution in [3.63, 3.8) is 0 Å². The van der Waals surface area contributed by atoms with Crippen molar-refractivity contribution in [3.05, 3.63) is 52.2 Å². The monoisotopic (exact) mass is 284 g/mol. The van der Waals surface area contributed by atoms with E-state index in [1.807, 2.05) is 13.8 Å². The maximum Gasteiger partial charge on any atom is 0.194 e. The summed E-state index contributed by atoms with van der Waals surface area (Å²) in [6.45, 7) is 5.72. The Labute approximate surface area is 114 Å². The smallest absolute Gasteiger partial charge is 0.194 e. The van der Waals surface area contributed by atoms with Crippen LogP contribution >= 0.6 is 0 Å². The van der Waals surface area contributed by atoms with Gasteiger partial charge in [-0.25, -0.2) is 13.2 Å². The summed E-state index contributed by atoms with van der Waals surface area (Å²) < 4.78 is 44.1. The van der Waals surface area contributed by atoms with Crippen LogP contribution in [0.4, 0.5) is 13.2 Å². The first-order valence-electron chi connectivity index (χ1n) is 6.19. The Morgan fingerprint density at radius 1 is 1.20 bits per heavy atom. The van der Waals surface area contributed by atoms with Crippen LogP contribution in [0.15, 0.2) is 16.7 Å². The van der Waals surface area contributed by atoms with Gasteiger partial charge < -0.3 is 9.84 Å². The molecular formula is C14H15F3N2O. The molecule has 6 heteroatoms. The first kappa shape index (κ1) is 14.6. The largest absolute Gasteiger partial charge is 0.361 e. The van der Waals surface area contributed by atoms with Crippen LogP contribution in [0, 0.1) is 31.3 Å². The van der Waals surface area contributed by atoms with Crippen molar-refractivity contribution in [3.8, 4) is 0 Å². The second-order valence-corrected chi connectivity index (χ2v) is 4.71. The van der Waals surface area contributed by atoms with Crippen molar-refractivity contribution in [2.75, 3.05) is 0 Å². The topological polar surface area (TPSA) is 38.1 Å². The molecule has 0 radical (unpaired) electrons. The third-order valence-corrected chi connectivity index (χ3v) is 3.18. The van der Waals surface area contributed by atoms with Gasteiger partial charge in [0.25, 0.3) is 0 Å². The van der Waals surface area contributed by atoms with Gasteiger partial charge in [-0.15, -0.1) is 0 Å². The highest BCUT2D eigenvalue weighted by Crippen LogP contribution is 2.21. The number of benzene rings is 1. The maximum atomic E-state index is 13.1. The second-order valence-electron chi connectivity index (χ2n) is 4.71. The van der Waals surface area contributed by atoms with Gasteiger partial charge in [0.2, 0.25) is 0 Å². The van der Waals surface area contributed by atoms with Crippen molar-refractivity contribution in [1.29, 1.82) is 0 Å². The molecule has 1 N–H and O–H groups in total. The fraction of sp³-hybridized carbons (Fsp3) is 0.357. The molecule has 1 aromatic heterocycles. The molecule has 0 aliphatic carbocycles. The van der Waals surface area contributed by atoms with Crippen molar-refractivity contribution < 1.29 is 17.7 Å². The van der Waals surface area contributed by atoms with E-state index in [2.05, 4.69) is 10.5 Å². The lowest BCUT2D eigenvalue weighted by Gasteiger charge is -2.14. The number of rotatable bonds is 4. The standard InChI is InChI=1S/C14H15F3N2O/c1-7(13-8(2)19-20-9(13)3)18-6-10-4-11(15)14(17)12(16)5-10/h4-5,7,18H,6H2,1-3H3. The highest BCUT2D eigenvalue weighted by Gasteiger charge is 2.16. The Balaban J connectivity index is 2.09. The molecule has 1 heterocycles. The van der Waals surface area contributed by atoms with Gasteiger partial charge in [-0.1, -0.05) is 5.16 Å². The highest BCUT2D eigenvalue weighted by atomic mass is 19.2. The van der Waals surface area contributed by atoms with E-state index in [4.69, 9.17) is 4.52 Å². The minimum Gasteiger partial charge on any atom is -0.361 e. The zero-order valence-corrected chi connectivity index (χ0v) is 11.4. The Kier molecular flexibility index (Phi) is 4.13. The fourth-order valence-electron chi connectivity index (χ4n) is 2.19. The summed E-state index contributed by atoms with van der Waals surface area (Å²) in [4.78, 5) is 0. The molecule has 0 fully saturated rings. The second kappa shape index (κ2) is 5.66. The first-order chi connectivity index (χ1) is 9.40. The van der Waals surface area contributed by atoms with Gasteiger partial charge in [0.05, 0.1) is 5.69 Å². The lowest BCUT2D eigenvalue weighted by Crippen LogP contribution is -2.19. The lowest BCUT2D eigenvalue weighted by molar-refractivity contribution is 0.390. The third-order valence-electron chi connectivity index (χ3n) is 3.18. The highest BCUT2D eigenvalue weighted by molar-refractivity contribution is 5.25. The summed E-state index contributed by atoms with van der Waals surface area (Å²) in [7, 11) is 0. The Hall–Kier alpha value is -1.82. The third kappa shape index (κ3) is 2.85. The molecule has 2 aromatic rings. The van der Waals surface area contributed by atoms with E-state index in [0.717, 1.165) is 23.4 Å². The van der Waals surface area contributed by atoms with Gasteiger partial charge in [0.15, 0.2) is 17.5 Å². The molecule has 0 saturated carbocycles. The molecule has 1 aromatic carbocycles. The number of nitrogens with zero attached hydrogens (tertiary/aromatic N) is 1. The molecule has 0 aliphatic rings. The molecule has 0 bridgehead atoms. The molecular weight excluding hydrogens is 269 g/mol. The Morgan fingerprint density at radius 3 is 2.30 bits per heavy atom. The van der Waals surface area contributed by atoms with Gasteiger partial charge in [-0.05, 0) is 38.5 Å². The molecule has 0 saturated heterocycles. The summed E-state index contributed by atoms with van der Waals surface area (Å²) in [6, 6.07) is 1.86. The first-order valence-corrected chi connectivity index (χ1v) is 6.19. The Morgan fingerprint density at radius 2 is 1.80 bits per heavy atom. The minimum absolute atomic E-state index is 0.0996. The average Bonchev–Trinajstić information content (AvgIpc) is 2.72. The van der Waals surface area contributed by atoms with Gasteiger partial charge in [-0.2, -0.15) is 0 Å². The van der Waals surface area contributed by atoms with Crippen LogP contribution in [0.3, 0.4) is 0 Å². The predicted octanol–water partition coefficient (Wildman–Crippen LogP) is 3.56. The number of hydrogen-bond acceptors (Lipinski definition) is 3. The molecule has 2 rings (SSSR count). The van der Waals surface area contributed by atoms with Crippen molar-refractivity contribution in [1.82, 2.24) is 10.5 Å². The molecule has 1 atom stereocenters. The van der Waals surface area contributed by atoms with E-state index in [1.165, 1.54) is 0 Å². The van der Waals surface area contributed by atoms with Crippen molar-refractivity contribution in [2.45, 2.75) is 33.4 Å². The fourth-order valence-corrected chi connectivity index (χ4v) is 2.19. The van der Waals surface area contributed by atoms with Crippen LogP contribution in [0.25, 0.3) is 0 Å². The van der Waals surface area contributed by atoms with Crippen molar-refractivity contribution >= 4 is 0 Å². The summed E-state index contributed by atoms with van der Waals surface area (Å²) in [6.07, 6.45) is 0. The van der Waals surface area contributed by atoms with Gasteiger partial charge in [0, 0.05) is 18.2 Å². The molecule has 1 unspecified atom stereocenters. The van der Waals surface area contributed by atoms with E-state index in [9.17, 15) is 13.2 Å². The zero-order valence-electron chi connectivity index (χ0n) is 11.4. The number of aryl methyl sites for hydroxylation is 2. The molecule has 0 aliphatic heterocycles. The van der Waals surface area contributed by atoms with E-state index >= 15 is 0 Å². The molecule has 20 heavy (non-hydrogen) atoms. The van der Waals surface area contributed by atoms with Crippen LogP contribution in [0.2, 0.25) is 0 Å². The summed E-state index contributed by atoms with van der Waals surface area (Å²) in [5.74, 6) is -3.13. The quantitative estimate of drug-likeness (QED) is 0.872. The van der Waals surface area contributed by atoms with Crippen LogP contribution in [0.1, 0.15) is 35.5 Å². The summed E-state index contributed by atoms with van der Waals surface area (Å²) in [5, 5.41) is 6.95. The lowest BCUT2D eigenvalue weighted by atomic mass is 10.1. The van der Waals surface area contributed by atoms with Gasteiger partial charge in [0.1, 0.15) is 5.76 Å². The van der Waals surface area contributed by atoms with E-state index in [-0.39, 0.29) is 12.6 Å². The van der Waals surface area contributed by atoms with Gasteiger partial charge >= 0.3 is 0 Å².